The molecule has 2 N–H and O–H groups in total. The smallest absolute Gasteiger partial charge is 0.407 e. The summed E-state index contributed by atoms with van der Waals surface area (Å²) in [6.45, 7) is 6.89. The van der Waals surface area contributed by atoms with Crippen LogP contribution in [0.4, 0.5) is 15.1 Å². The van der Waals surface area contributed by atoms with Gasteiger partial charge in [-0.15, -0.1) is 0 Å². The molecule has 0 atom stereocenters. The highest BCUT2D eigenvalue weighted by molar-refractivity contribution is 6.34. The lowest BCUT2D eigenvalue weighted by Crippen LogP contribution is -2.58. The van der Waals surface area contributed by atoms with Crippen LogP contribution in [-0.4, -0.2) is 78.0 Å². The molecule has 0 spiro atoms. The van der Waals surface area contributed by atoms with Crippen LogP contribution in [0.25, 0.3) is 32.8 Å². The van der Waals surface area contributed by atoms with E-state index in [1.165, 1.54) is 6.07 Å². The van der Waals surface area contributed by atoms with E-state index < -0.39 is 17.5 Å². The van der Waals surface area contributed by atoms with Gasteiger partial charge in [-0.05, 0) is 69.4 Å². The highest BCUT2D eigenvalue weighted by Gasteiger charge is 2.32. The molecule has 1 fully saturated rings. The van der Waals surface area contributed by atoms with Gasteiger partial charge in [0.1, 0.15) is 23.5 Å². The Morgan fingerprint density at radius 3 is 2.61 bits per heavy atom. The van der Waals surface area contributed by atoms with E-state index in [2.05, 4.69) is 20.2 Å². The molecule has 0 saturated carbocycles. The number of benzene rings is 3. The summed E-state index contributed by atoms with van der Waals surface area (Å²) in [7, 11) is 4.01. The van der Waals surface area contributed by atoms with Gasteiger partial charge in [-0.25, -0.2) is 14.2 Å². The van der Waals surface area contributed by atoms with Crippen molar-refractivity contribution in [2.24, 2.45) is 0 Å². The van der Waals surface area contributed by atoms with Crippen molar-refractivity contribution in [2.45, 2.75) is 32.4 Å². The fourth-order valence-electron chi connectivity index (χ4n) is 4.72. The average Bonchev–Trinajstić information content (AvgIpc) is 2.85. The summed E-state index contributed by atoms with van der Waals surface area (Å²) in [5, 5.41) is 14.9. The molecule has 216 valence electrons. The highest BCUT2D eigenvalue weighted by atomic mass is 35.5. The number of hydrogen-bond acceptors (Lipinski definition) is 8. The summed E-state index contributed by atoms with van der Waals surface area (Å²) in [6.07, 6.45) is -0.568. The van der Waals surface area contributed by atoms with Crippen LogP contribution in [0.15, 0.2) is 42.5 Å². The van der Waals surface area contributed by atoms with Gasteiger partial charge in [-0.3, -0.25) is 0 Å². The molecular weight excluding hydrogens is 549 g/mol. The van der Waals surface area contributed by atoms with E-state index in [0.29, 0.717) is 36.0 Å². The molecule has 0 unspecified atom stereocenters. The van der Waals surface area contributed by atoms with Crippen molar-refractivity contribution in [1.82, 2.24) is 20.2 Å². The van der Waals surface area contributed by atoms with E-state index in [0.717, 1.165) is 10.8 Å². The SMILES string of the molecule is CN(C)C1CN(c2nc(OCCNC(=O)OC(C)(C)C)c3cc(Cl)c(-c4cc(O)cc5ccccc45)c(F)c3n2)C1. The van der Waals surface area contributed by atoms with E-state index in [9.17, 15) is 9.90 Å². The summed E-state index contributed by atoms with van der Waals surface area (Å²) in [5.74, 6) is -0.168. The summed E-state index contributed by atoms with van der Waals surface area (Å²) < 4.78 is 27.7. The number of anilines is 1. The number of alkyl carbamates (subject to hydrolysis) is 1. The first-order chi connectivity index (χ1) is 19.4. The Morgan fingerprint density at radius 2 is 1.90 bits per heavy atom. The van der Waals surface area contributed by atoms with Gasteiger partial charge in [0.15, 0.2) is 5.82 Å². The van der Waals surface area contributed by atoms with Crippen LogP contribution >= 0.6 is 11.6 Å². The molecule has 1 saturated heterocycles. The van der Waals surface area contributed by atoms with Crippen LogP contribution in [0.2, 0.25) is 5.02 Å². The number of halogens is 2. The van der Waals surface area contributed by atoms with Crippen LogP contribution < -0.4 is 15.0 Å². The lowest BCUT2D eigenvalue weighted by Gasteiger charge is -2.42. The zero-order valence-electron chi connectivity index (χ0n) is 23.7. The maximum Gasteiger partial charge on any atom is 0.407 e. The van der Waals surface area contributed by atoms with Gasteiger partial charge in [0, 0.05) is 24.7 Å². The Hall–Kier alpha value is -3.89. The standard InChI is InChI=1S/C30H33ClFN5O4/c1-30(2,3)41-29(39)33-10-11-40-27-22-14-23(31)24(21-13-19(38)12-17-8-6-7-9-20(17)21)25(32)26(22)34-28(35-27)37-15-18(16-37)36(4)5/h6-9,12-14,18,38H,10-11,15-16H2,1-5H3,(H,33,39). The number of aromatic nitrogens is 2. The molecule has 41 heavy (non-hydrogen) atoms. The lowest BCUT2D eigenvalue weighted by molar-refractivity contribution is 0.0520. The normalized spacial score (nSPS) is 14.0. The van der Waals surface area contributed by atoms with Crippen molar-refractivity contribution < 1.29 is 23.8 Å². The van der Waals surface area contributed by atoms with Crippen molar-refractivity contribution in [1.29, 1.82) is 0 Å². The number of carbonyl (C=O) groups is 1. The zero-order valence-corrected chi connectivity index (χ0v) is 24.4. The van der Waals surface area contributed by atoms with E-state index in [1.807, 2.05) is 43.3 Å². The second kappa shape index (κ2) is 11.2. The number of amides is 1. The molecule has 1 aromatic heterocycles. The van der Waals surface area contributed by atoms with E-state index >= 15 is 4.39 Å². The van der Waals surface area contributed by atoms with E-state index in [-0.39, 0.29) is 40.9 Å². The molecular formula is C30H33ClFN5O4. The number of phenolic OH excluding ortho intramolecular Hbond substituents is 1. The third kappa shape index (κ3) is 6.08. The van der Waals surface area contributed by atoms with Crippen molar-refractivity contribution in [2.75, 3.05) is 45.2 Å². The Morgan fingerprint density at radius 1 is 1.17 bits per heavy atom. The van der Waals surface area contributed by atoms with Gasteiger partial charge >= 0.3 is 6.09 Å². The Balaban J connectivity index is 1.54. The molecule has 4 aromatic rings. The fraction of sp³-hybridized carbons (Fsp3) is 0.367. The molecule has 0 radical (unpaired) electrons. The molecule has 9 nitrogen and oxygen atoms in total. The molecule has 0 bridgehead atoms. The Bertz CT molecular complexity index is 1620. The largest absolute Gasteiger partial charge is 0.508 e. The fourth-order valence-corrected chi connectivity index (χ4v) is 5.01. The van der Waals surface area contributed by atoms with Gasteiger partial charge in [0.2, 0.25) is 11.8 Å². The van der Waals surface area contributed by atoms with Gasteiger partial charge in [0.05, 0.1) is 17.0 Å². The number of nitrogens with one attached hydrogen (secondary N) is 1. The average molecular weight is 582 g/mol. The van der Waals surface area contributed by atoms with Crippen LogP contribution in [0.5, 0.6) is 11.6 Å². The van der Waals surface area contributed by atoms with Crippen LogP contribution in [-0.2, 0) is 4.74 Å². The summed E-state index contributed by atoms with van der Waals surface area (Å²) in [5.41, 5.74) is -0.00346. The summed E-state index contributed by atoms with van der Waals surface area (Å²) in [6, 6.07) is 12.4. The number of phenols is 1. The number of rotatable bonds is 7. The minimum absolute atomic E-state index is 0.00513. The topological polar surface area (TPSA) is 100 Å². The monoisotopic (exact) mass is 581 g/mol. The van der Waals surface area contributed by atoms with Gasteiger partial charge in [-0.1, -0.05) is 35.9 Å². The van der Waals surface area contributed by atoms with E-state index in [1.54, 1.807) is 32.9 Å². The minimum Gasteiger partial charge on any atom is -0.508 e. The molecule has 2 heterocycles. The molecule has 5 rings (SSSR count). The van der Waals surface area contributed by atoms with Crippen molar-refractivity contribution in [3.63, 3.8) is 0 Å². The first-order valence-corrected chi connectivity index (χ1v) is 13.7. The molecule has 1 aliphatic heterocycles. The predicted molar refractivity (Wildman–Crippen MR) is 159 cm³/mol. The van der Waals surface area contributed by atoms with Gasteiger partial charge in [0.25, 0.3) is 0 Å². The predicted octanol–water partition coefficient (Wildman–Crippen LogP) is 5.60. The maximum atomic E-state index is 16.5. The third-order valence-electron chi connectivity index (χ3n) is 6.84. The quantitative estimate of drug-likeness (QED) is 0.272. The minimum atomic E-state index is -0.645. The molecule has 11 heteroatoms. The summed E-state index contributed by atoms with van der Waals surface area (Å²) in [4.78, 5) is 25.3. The third-order valence-corrected chi connectivity index (χ3v) is 7.13. The first kappa shape index (κ1) is 28.6. The maximum absolute atomic E-state index is 16.5. The second-order valence-electron chi connectivity index (χ2n) is 11.3. The lowest BCUT2D eigenvalue weighted by atomic mass is 9.96. The Kier molecular flexibility index (Phi) is 7.80. The van der Waals surface area contributed by atoms with Crippen molar-refractivity contribution in [3.8, 4) is 22.8 Å². The molecule has 1 aliphatic rings. The second-order valence-corrected chi connectivity index (χ2v) is 11.7. The Labute approximate surface area is 242 Å². The van der Waals surface area contributed by atoms with Gasteiger partial charge < -0.3 is 29.7 Å². The number of hydrogen-bond donors (Lipinski definition) is 2. The number of fused-ring (bicyclic) bond motifs is 2. The van der Waals surface area contributed by atoms with Crippen LogP contribution in [0.1, 0.15) is 20.8 Å². The molecule has 3 aromatic carbocycles. The number of carbonyl (C=O) groups excluding carboxylic acids is 1. The molecule has 1 amide bonds. The van der Waals surface area contributed by atoms with Crippen LogP contribution in [0.3, 0.4) is 0 Å². The highest BCUT2D eigenvalue weighted by Crippen LogP contribution is 2.42. The molecule has 0 aliphatic carbocycles. The number of aromatic hydroxyl groups is 1. The van der Waals surface area contributed by atoms with E-state index in [4.69, 9.17) is 21.1 Å². The van der Waals surface area contributed by atoms with Crippen molar-refractivity contribution in [3.05, 3.63) is 53.3 Å². The number of nitrogens with zero attached hydrogens (tertiary/aromatic N) is 4. The first-order valence-electron chi connectivity index (χ1n) is 13.3. The van der Waals surface area contributed by atoms with Crippen LogP contribution in [0, 0.1) is 5.82 Å². The van der Waals surface area contributed by atoms with Gasteiger partial charge in [-0.2, -0.15) is 4.98 Å². The summed E-state index contributed by atoms with van der Waals surface area (Å²) >= 11 is 6.70. The number of ether oxygens (including phenoxy) is 2. The van der Waals surface area contributed by atoms with Crippen molar-refractivity contribution >= 4 is 45.3 Å². The number of likely N-dealkylation sites (N-methyl/N-ethyl adjacent to an activating group) is 1. The zero-order chi connectivity index (χ0) is 29.5.